The molecule has 8 heteroatoms. The summed E-state index contributed by atoms with van der Waals surface area (Å²) in [5, 5.41) is 27.0. The van der Waals surface area contributed by atoms with Crippen molar-refractivity contribution in [2.24, 2.45) is 5.16 Å². The third-order valence-electron chi connectivity index (χ3n) is 2.47. The van der Waals surface area contributed by atoms with E-state index in [-0.39, 0.29) is 17.3 Å². The van der Waals surface area contributed by atoms with Crippen LogP contribution in [-0.4, -0.2) is 25.7 Å². The van der Waals surface area contributed by atoms with Crippen LogP contribution in [0.25, 0.3) is 0 Å². The first kappa shape index (κ1) is 12.6. The number of oxime groups is 1. The molecule has 0 amide bonds. The number of non-ortho nitro benzene ring substituents is 1. The van der Waals surface area contributed by atoms with Crippen LogP contribution in [0.2, 0.25) is 0 Å². The lowest BCUT2D eigenvalue weighted by Gasteiger charge is -2.06. The van der Waals surface area contributed by atoms with Crippen LogP contribution >= 0.6 is 0 Å². The van der Waals surface area contributed by atoms with Crippen LogP contribution in [0.15, 0.2) is 35.5 Å². The van der Waals surface area contributed by atoms with Gasteiger partial charge in [0.05, 0.1) is 10.6 Å². The number of nitrogens with zero attached hydrogens (tertiary/aromatic N) is 4. The van der Waals surface area contributed by atoms with Crippen molar-refractivity contribution in [1.82, 2.24) is 9.78 Å². The molecule has 0 saturated carbocycles. The van der Waals surface area contributed by atoms with E-state index in [4.69, 9.17) is 10.9 Å². The molecule has 8 nitrogen and oxygen atoms in total. The van der Waals surface area contributed by atoms with E-state index in [1.807, 2.05) is 0 Å². The maximum absolute atomic E-state index is 10.7. The van der Waals surface area contributed by atoms with E-state index in [0.29, 0.717) is 11.3 Å². The van der Waals surface area contributed by atoms with Gasteiger partial charge in [-0.25, -0.2) is 0 Å². The zero-order valence-corrected chi connectivity index (χ0v) is 10.0. The van der Waals surface area contributed by atoms with Crippen LogP contribution in [0.5, 0.6) is 0 Å². The second-order valence-electron chi connectivity index (χ2n) is 3.85. The lowest BCUT2D eigenvalue weighted by Crippen LogP contribution is -2.17. The fourth-order valence-corrected chi connectivity index (χ4v) is 1.67. The highest BCUT2D eigenvalue weighted by molar-refractivity contribution is 6.01. The third kappa shape index (κ3) is 2.37. The Morgan fingerprint density at radius 1 is 1.53 bits per heavy atom. The second kappa shape index (κ2) is 4.77. The molecule has 0 saturated heterocycles. The molecule has 2 aromatic rings. The molecule has 2 rings (SSSR count). The maximum Gasteiger partial charge on any atom is 0.270 e. The molecule has 0 unspecified atom stereocenters. The number of rotatable bonds is 2. The molecule has 98 valence electrons. The summed E-state index contributed by atoms with van der Waals surface area (Å²) < 4.78 is 1.22. The highest BCUT2D eigenvalue weighted by Gasteiger charge is 2.15. The topological polar surface area (TPSA) is 120 Å². The summed E-state index contributed by atoms with van der Waals surface area (Å²) in [4.78, 5) is 10.2. The first-order valence-electron chi connectivity index (χ1n) is 5.32. The maximum atomic E-state index is 10.7. The van der Waals surface area contributed by atoms with Crippen molar-refractivity contribution in [3.63, 3.8) is 0 Å². The molecule has 1 heterocycles. The monoisotopic (exact) mass is 261 g/mol. The number of nitrogen functional groups attached to an aromatic ring is 1. The summed E-state index contributed by atoms with van der Waals surface area (Å²) >= 11 is 0. The van der Waals surface area contributed by atoms with Crippen molar-refractivity contribution in [1.29, 1.82) is 0 Å². The van der Waals surface area contributed by atoms with Gasteiger partial charge in [-0.2, -0.15) is 9.78 Å². The molecule has 0 fully saturated rings. The number of nitro benzene ring substituents is 1. The van der Waals surface area contributed by atoms with Crippen molar-refractivity contribution < 1.29 is 10.1 Å². The van der Waals surface area contributed by atoms with Gasteiger partial charge >= 0.3 is 0 Å². The molecule has 0 aliphatic heterocycles. The quantitative estimate of drug-likeness (QED) is 0.278. The smallest absolute Gasteiger partial charge is 0.270 e. The Bertz CT molecular complexity index is 662. The van der Waals surface area contributed by atoms with E-state index < -0.39 is 4.92 Å². The molecule has 0 bridgehead atoms. The molecule has 0 aliphatic rings. The predicted molar refractivity (Wildman–Crippen MR) is 68.2 cm³/mol. The minimum Gasteiger partial charge on any atom is -0.409 e. The summed E-state index contributed by atoms with van der Waals surface area (Å²) in [6, 6.07) is 7.29. The van der Waals surface area contributed by atoms with Gasteiger partial charge in [0.2, 0.25) is 5.84 Å². The summed E-state index contributed by atoms with van der Waals surface area (Å²) in [7, 11) is 0. The van der Waals surface area contributed by atoms with Crippen LogP contribution in [0.4, 0.5) is 11.5 Å². The van der Waals surface area contributed by atoms with Gasteiger partial charge in [-0.05, 0) is 6.92 Å². The molecule has 0 radical (unpaired) electrons. The van der Waals surface area contributed by atoms with E-state index >= 15 is 0 Å². The van der Waals surface area contributed by atoms with Crippen LogP contribution < -0.4 is 5.73 Å². The fraction of sp³-hybridized carbons (Fsp3) is 0.0909. The number of nitrogens with two attached hydrogens (primary N) is 1. The van der Waals surface area contributed by atoms with E-state index in [1.54, 1.807) is 19.1 Å². The minimum atomic E-state index is -0.532. The van der Waals surface area contributed by atoms with Gasteiger partial charge in [-0.3, -0.25) is 10.1 Å². The van der Waals surface area contributed by atoms with E-state index in [9.17, 15) is 10.1 Å². The first-order valence-corrected chi connectivity index (χ1v) is 5.32. The fourth-order valence-electron chi connectivity index (χ4n) is 1.67. The van der Waals surface area contributed by atoms with Crippen LogP contribution in [0, 0.1) is 17.0 Å². The Hall–Kier alpha value is -2.90. The average Bonchev–Trinajstić information content (AvgIpc) is 2.70. The van der Waals surface area contributed by atoms with Gasteiger partial charge in [0.15, 0.2) is 0 Å². The standard InChI is InChI=1S/C11H11N5O3/c1-7-5-10(12)15(13-7)11(14-17)8-3-2-4-9(6-8)16(18)19/h2-6,17H,12H2,1H3. The van der Waals surface area contributed by atoms with Crippen molar-refractivity contribution in [3.8, 4) is 0 Å². The third-order valence-corrected chi connectivity index (χ3v) is 2.47. The van der Waals surface area contributed by atoms with Crippen LogP contribution in [-0.2, 0) is 0 Å². The molecule has 3 N–H and O–H groups in total. The number of benzene rings is 1. The van der Waals surface area contributed by atoms with E-state index in [0.717, 1.165) is 0 Å². The zero-order chi connectivity index (χ0) is 14.0. The van der Waals surface area contributed by atoms with Crippen LogP contribution in [0.3, 0.4) is 0 Å². The molecule has 0 aliphatic carbocycles. The van der Waals surface area contributed by atoms with Crippen molar-refractivity contribution in [2.75, 3.05) is 5.73 Å². The number of hydrogen-bond acceptors (Lipinski definition) is 6. The number of nitro groups is 1. The Kier molecular flexibility index (Phi) is 3.15. The van der Waals surface area contributed by atoms with Gasteiger partial charge in [-0.1, -0.05) is 17.3 Å². The second-order valence-corrected chi connectivity index (χ2v) is 3.85. The summed E-state index contributed by atoms with van der Waals surface area (Å²) in [5.74, 6) is 0.297. The highest BCUT2D eigenvalue weighted by atomic mass is 16.6. The summed E-state index contributed by atoms with van der Waals surface area (Å²) in [5.41, 5.74) is 6.60. The van der Waals surface area contributed by atoms with Crippen molar-refractivity contribution in [2.45, 2.75) is 6.92 Å². The average molecular weight is 261 g/mol. The van der Waals surface area contributed by atoms with Gasteiger partial charge in [0.25, 0.3) is 5.69 Å². The Balaban J connectivity index is 2.52. The Morgan fingerprint density at radius 3 is 2.79 bits per heavy atom. The predicted octanol–water partition coefficient (Wildman–Crippen LogP) is 1.37. The number of hydrogen-bond donors (Lipinski definition) is 2. The normalized spacial score (nSPS) is 11.5. The highest BCUT2D eigenvalue weighted by Crippen LogP contribution is 2.16. The van der Waals surface area contributed by atoms with Gasteiger partial charge in [0, 0.05) is 23.8 Å². The van der Waals surface area contributed by atoms with E-state index in [2.05, 4.69) is 10.3 Å². The van der Waals surface area contributed by atoms with Crippen LogP contribution in [0.1, 0.15) is 11.3 Å². The molecular weight excluding hydrogens is 250 g/mol. The lowest BCUT2D eigenvalue weighted by molar-refractivity contribution is -0.384. The Morgan fingerprint density at radius 2 is 2.26 bits per heavy atom. The van der Waals surface area contributed by atoms with Crippen molar-refractivity contribution in [3.05, 3.63) is 51.7 Å². The minimum absolute atomic E-state index is 0.0225. The van der Waals surface area contributed by atoms with Gasteiger partial charge < -0.3 is 10.9 Å². The Labute approximate surface area is 107 Å². The summed E-state index contributed by atoms with van der Waals surface area (Å²) in [6.45, 7) is 1.73. The number of aryl methyl sites for hydroxylation is 1. The van der Waals surface area contributed by atoms with E-state index in [1.165, 1.54) is 22.9 Å². The molecule has 0 atom stereocenters. The first-order chi connectivity index (χ1) is 9.02. The zero-order valence-electron chi connectivity index (χ0n) is 10.0. The largest absolute Gasteiger partial charge is 0.409 e. The number of anilines is 1. The number of aromatic nitrogens is 2. The van der Waals surface area contributed by atoms with Crippen molar-refractivity contribution >= 4 is 17.3 Å². The molecule has 1 aromatic heterocycles. The molecule has 1 aromatic carbocycles. The van der Waals surface area contributed by atoms with Gasteiger partial charge in [-0.15, -0.1) is 0 Å². The summed E-state index contributed by atoms with van der Waals surface area (Å²) in [6.07, 6.45) is 0. The molecule has 0 spiro atoms. The van der Waals surface area contributed by atoms with Gasteiger partial charge in [0.1, 0.15) is 5.82 Å². The SMILES string of the molecule is Cc1cc(N)n(C(=NO)c2cccc([N+](=O)[O-])c2)n1. The molecule has 19 heavy (non-hydrogen) atoms. The lowest BCUT2D eigenvalue weighted by atomic mass is 10.2. The molecular formula is C11H11N5O3.